The molecule has 2 rings (SSSR count). The highest BCUT2D eigenvalue weighted by Gasteiger charge is 2.38. The summed E-state index contributed by atoms with van der Waals surface area (Å²) in [5.41, 5.74) is 0.815. The third-order valence-corrected chi connectivity index (χ3v) is 2.26. The zero-order chi connectivity index (χ0) is 9.15. The Kier molecular flexibility index (Phi) is 1.99. The average molecular weight is 174 g/mol. The van der Waals surface area contributed by atoms with E-state index in [1.54, 1.807) is 12.4 Å². The van der Waals surface area contributed by atoms with Gasteiger partial charge in [0.05, 0.1) is 19.3 Å². The van der Waals surface area contributed by atoms with E-state index in [9.17, 15) is 0 Å². The van der Waals surface area contributed by atoms with Crippen LogP contribution in [0.4, 0.5) is 0 Å². The smallest absolute Gasteiger partial charge is 0.108 e. The predicted molar refractivity (Wildman–Crippen MR) is 46.8 cm³/mol. The molecule has 1 aliphatic rings. The lowest BCUT2D eigenvalue weighted by Crippen LogP contribution is -2.43. The van der Waals surface area contributed by atoms with E-state index in [0.29, 0.717) is 13.2 Å². The predicted octanol–water partition coefficient (Wildman–Crippen LogP) is 1.16. The van der Waals surface area contributed by atoms with E-state index in [1.807, 2.05) is 12.1 Å². The molecule has 1 fully saturated rings. The molecule has 0 spiro atoms. The molecule has 0 N–H and O–H groups in total. The maximum absolute atomic E-state index is 8.95. The maximum atomic E-state index is 8.95. The fraction of sp³-hybridized carbons (Fsp3) is 0.400. The molecule has 1 saturated heterocycles. The van der Waals surface area contributed by atoms with Crippen LogP contribution < -0.4 is 0 Å². The van der Waals surface area contributed by atoms with Crippen molar-refractivity contribution in [2.45, 2.75) is 6.42 Å². The first-order valence-electron chi connectivity index (χ1n) is 4.23. The standard InChI is InChI=1S/C10H10N2O/c11-6-10(7-13-8-10)4-9-2-1-3-12-5-9/h1-3,5H,4,7-8H2. The second-order valence-electron chi connectivity index (χ2n) is 3.42. The van der Waals surface area contributed by atoms with Gasteiger partial charge < -0.3 is 4.74 Å². The fourth-order valence-electron chi connectivity index (χ4n) is 1.45. The molecule has 0 radical (unpaired) electrons. The zero-order valence-corrected chi connectivity index (χ0v) is 7.23. The monoisotopic (exact) mass is 174 g/mol. The Labute approximate surface area is 77.0 Å². The van der Waals surface area contributed by atoms with Gasteiger partial charge in [0.1, 0.15) is 5.41 Å². The van der Waals surface area contributed by atoms with Crippen molar-refractivity contribution < 1.29 is 4.74 Å². The summed E-state index contributed by atoms with van der Waals surface area (Å²) in [6.07, 6.45) is 4.29. The van der Waals surface area contributed by atoms with E-state index in [-0.39, 0.29) is 5.41 Å². The molecule has 0 saturated carbocycles. The van der Waals surface area contributed by atoms with Crippen LogP contribution in [-0.4, -0.2) is 18.2 Å². The van der Waals surface area contributed by atoms with Crippen molar-refractivity contribution in [3.8, 4) is 6.07 Å². The van der Waals surface area contributed by atoms with E-state index in [1.165, 1.54) is 0 Å². The Morgan fingerprint density at radius 1 is 1.62 bits per heavy atom. The van der Waals surface area contributed by atoms with Gasteiger partial charge in [-0.2, -0.15) is 5.26 Å². The summed E-state index contributed by atoms with van der Waals surface area (Å²) < 4.78 is 5.06. The molecule has 2 heterocycles. The largest absolute Gasteiger partial charge is 0.378 e. The van der Waals surface area contributed by atoms with Gasteiger partial charge in [0.15, 0.2) is 0 Å². The Morgan fingerprint density at radius 3 is 2.92 bits per heavy atom. The van der Waals surface area contributed by atoms with Gasteiger partial charge >= 0.3 is 0 Å². The first-order valence-corrected chi connectivity index (χ1v) is 4.23. The van der Waals surface area contributed by atoms with Crippen LogP contribution in [0.25, 0.3) is 0 Å². The van der Waals surface area contributed by atoms with Gasteiger partial charge in [-0.3, -0.25) is 4.98 Å². The third kappa shape index (κ3) is 1.53. The summed E-state index contributed by atoms with van der Waals surface area (Å²) in [5, 5.41) is 8.95. The Bertz CT molecular complexity index is 325. The molecule has 0 aliphatic carbocycles. The highest BCUT2D eigenvalue weighted by atomic mass is 16.5. The lowest BCUT2D eigenvalue weighted by molar-refractivity contribution is -0.0765. The van der Waals surface area contributed by atoms with Gasteiger partial charge in [-0.05, 0) is 18.1 Å². The quantitative estimate of drug-likeness (QED) is 0.676. The molecule has 0 unspecified atom stereocenters. The minimum absolute atomic E-state index is 0.289. The van der Waals surface area contributed by atoms with Gasteiger partial charge in [0, 0.05) is 12.4 Å². The molecule has 13 heavy (non-hydrogen) atoms. The molecular weight excluding hydrogens is 164 g/mol. The van der Waals surface area contributed by atoms with Crippen molar-refractivity contribution in [1.29, 1.82) is 5.26 Å². The number of nitrogens with zero attached hydrogens (tertiary/aromatic N) is 2. The van der Waals surface area contributed by atoms with Gasteiger partial charge in [-0.1, -0.05) is 6.07 Å². The summed E-state index contributed by atoms with van der Waals surface area (Å²) in [6, 6.07) is 6.19. The van der Waals surface area contributed by atoms with E-state index < -0.39 is 0 Å². The summed E-state index contributed by atoms with van der Waals surface area (Å²) in [6.45, 7) is 1.11. The molecule has 66 valence electrons. The van der Waals surface area contributed by atoms with E-state index >= 15 is 0 Å². The van der Waals surface area contributed by atoms with E-state index in [0.717, 1.165) is 12.0 Å². The van der Waals surface area contributed by atoms with Crippen LogP contribution in [0.15, 0.2) is 24.5 Å². The summed E-state index contributed by atoms with van der Waals surface area (Å²) in [5.74, 6) is 0. The van der Waals surface area contributed by atoms with Gasteiger partial charge in [0.25, 0.3) is 0 Å². The minimum Gasteiger partial charge on any atom is -0.378 e. The summed E-state index contributed by atoms with van der Waals surface area (Å²) >= 11 is 0. The van der Waals surface area contributed by atoms with Crippen LogP contribution in [0.2, 0.25) is 0 Å². The Hall–Kier alpha value is -1.40. The molecule has 1 aromatic heterocycles. The van der Waals surface area contributed by atoms with Crippen LogP contribution in [0.3, 0.4) is 0 Å². The third-order valence-electron chi connectivity index (χ3n) is 2.26. The second-order valence-corrected chi connectivity index (χ2v) is 3.42. The number of hydrogen-bond acceptors (Lipinski definition) is 3. The lowest BCUT2D eigenvalue weighted by Gasteiger charge is -2.34. The zero-order valence-electron chi connectivity index (χ0n) is 7.23. The highest BCUT2D eigenvalue weighted by Crippen LogP contribution is 2.30. The first-order chi connectivity index (χ1) is 6.35. The van der Waals surface area contributed by atoms with E-state index in [4.69, 9.17) is 10.00 Å². The molecule has 3 nitrogen and oxygen atoms in total. The fourth-order valence-corrected chi connectivity index (χ4v) is 1.45. The minimum atomic E-state index is -0.289. The van der Waals surface area contributed by atoms with Crippen LogP contribution in [0.5, 0.6) is 0 Å². The van der Waals surface area contributed by atoms with Crippen LogP contribution in [0, 0.1) is 16.7 Å². The average Bonchev–Trinajstić information content (AvgIpc) is 2.13. The normalized spacial score (nSPS) is 18.7. The highest BCUT2D eigenvalue weighted by molar-refractivity contribution is 5.17. The molecule has 1 aromatic rings. The van der Waals surface area contributed by atoms with Gasteiger partial charge in [-0.15, -0.1) is 0 Å². The number of ether oxygens (including phenoxy) is 1. The van der Waals surface area contributed by atoms with Crippen LogP contribution >= 0.6 is 0 Å². The van der Waals surface area contributed by atoms with E-state index in [2.05, 4.69) is 11.1 Å². The van der Waals surface area contributed by atoms with Crippen molar-refractivity contribution in [3.05, 3.63) is 30.1 Å². The van der Waals surface area contributed by atoms with Crippen molar-refractivity contribution in [2.24, 2.45) is 5.41 Å². The molecule has 0 aromatic carbocycles. The van der Waals surface area contributed by atoms with Crippen molar-refractivity contribution in [3.63, 3.8) is 0 Å². The summed E-state index contributed by atoms with van der Waals surface area (Å²) in [4.78, 5) is 4.01. The van der Waals surface area contributed by atoms with Crippen LogP contribution in [0.1, 0.15) is 5.56 Å². The molecular formula is C10H10N2O. The number of hydrogen-bond donors (Lipinski definition) is 0. The van der Waals surface area contributed by atoms with Crippen molar-refractivity contribution in [1.82, 2.24) is 4.98 Å². The number of rotatable bonds is 2. The molecule has 1 aliphatic heterocycles. The van der Waals surface area contributed by atoms with Crippen LogP contribution in [-0.2, 0) is 11.2 Å². The number of aromatic nitrogens is 1. The van der Waals surface area contributed by atoms with Gasteiger partial charge in [0.2, 0.25) is 0 Å². The maximum Gasteiger partial charge on any atom is 0.108 e. The van der Waals surface area contributed by atoms with Crippen molar-refractivity contribution in [2.75, 3.05) is 13.2 Å². The molecule has 0 atom stereocenters. The first kappa shape index (κ1) is 8.21. The molecule has 0 bridgehead atoms. The Balaban J connectivity index is 2.10. The topological polar surface area (TPSA) is 45.9 Å². The molecule has 3 heteroatoms. The number of nitriles is 1. The number of pyridine rings is 1. The SMILES string of the molecule is N#CC1(Cc2cccnc2)COC1. The Morgan fingerprint density at radius 2 is 2.46 bits per heavy atom. The summed E-state index contributed by atoms with van der Waals surface area (Å²) in [7, 11) is 0. The second kappa shape index (κ2) is 3.15. The molecule has 0 amide bonds. The van der Waals surface area contributed by atoms with Crippen molar-refractivity contribution >= 4 is 0 Å². The van der Waals surface area contributed by atoms with Gasteiger partial charge in [-0.25, -0.2) is 0 Å². The lowest BCUT2D eigenvalue weighted by atomic mass is 9.82.